The van der Waals surface area contributed by atoms with Crippen molar-refractivity contribution in [2.75, 3.05) is 36.5 Å². The van der Waals surface area contributed by atoms with Crippen LogP contribution in [0.25, 0.3) is 0 Å². The molecular weight excluding hydrogens is 394 g/mol. The molecule has 0 aliphatic carbocycles. The molecule has 1 aromatic heterocycles. The van der Waals surface area contributed by atoms with Crippen molar-refractivity contribution in [2.45, 2.75) is 18.9 Å². The van der Waals surface area contributed by atoms with Crippen LogP contribution in [-0.4, -0.2) is 42.8 Å². The fourth-order valence-corrected chi connectivity index (χ4v) is 4.39. The predicted molar refractivity (Wildman–Crippen MR) is 104 cm³/mol. The molecule has 3 heterocycles. The molecule has 0 amide bonds. The number of piperidine rings is 1. The van der Waals surface area contributed by atoms with Gasteiger partial charge in [0.1, 0.15) is 6.07 Å². The lowest BCUT2D eigenvalue weighted by atomic mass is 9.92. The number of rotatable bonds is 3. The summed E-state index contributed by atoms with van der Waals surface area (Å²) >= 11 is 3.54. The molecule has 26 heavy (non-hydrogen) atoms. The summed E-state index contributed by atoms with van der Waals surface area (Å²) in [5.41, 5.74) is 1.75. The Balaban J connectivity index is 1.59. The first-order chi connectivity index (χ1) is 12.7. The van der Waals surface area contributed by atoms with Crippen LogP contribution in [-0.2, 0) is 0 Å². The van der Waals surface area contributed by atoms with Crippen LogP contribution >= 0.6 is 15.9 Å². The summed E-state index contributed by atoms with van der Waals surface area (Å²) in [6.07, 6.45) is 5.71. The third kappa shape index (κ3) is 3.10. The highest BCUT2D eigenvalue weighted by Gasteiger charge is 2.39. The average molecular weight is 414 g/mol. The molecule has 4 rings (SSSR count). The van der Waals surface area contributed by atoms with E-state index in [0.717, 1.165) is 47.7 Å². The molecule has 0 N–H and O–H groups in total. The number of nitriles is 1. The minimum absolute atomic E-state index is 0.371. The van der Waals surface area contributed by atoms with Gasteiger partial charge in [-0.1, -0.05) is 15.9 Å². The van der Waals surface area contributed by atoms with Gasteiger partial charge in [-0.3, -0.25) is 0 Å². The molecule has 2 aliphatic rings. The molecule has 2 atom stereocenters. The zero-order chi connectivity index (χ0) is 18.1. The second-order valence-corrected chi connectivity index (χ2v) is 7.66. The van der Waals surface area contributed by atoms with Crippen molar-refractivity contribution in [3.8, 4) is 11.8 Å². The Kier molecular flexibility index (Phi) is 4.68. The van der Waals surface area contributed by atoms with Crippen LogP contribution in [0.5, 0.6) is 5.75 Å². The van der Waals surface area contributed by atoms with E-state index >= 15 is 0 Å². The monoisotopic (exact) mass is 413 g/mol. The van der Waals surface area contributed by atoms with Crippen molar-refractivity contribution in [1.82, 2.24) is 9.97 Å². The first-order valence-corrected chi connectivity index (χ1v) is 9.56. The third-order valence-electron chi connectivity index (χ3n) is 5.39. The summed E-state index contributed by atoms with van der Waals surface area (Å²) in [7, 11) is 1.62. The van der Waals surface area contributed by atoms with E-state index in [1.54, 1.807) is 19.5 Å². The maximum atomic E-state index is 9.51. The SMILES string of the molecule is COc1cnc(N2CCC3CCN(c4cc(Br)ccc4C#N)C3C2)nc1. The second kappa shape index (κ2) is 7.12. The van der Waals surface area contributed by atoms with E-state index in [4.69, 9.17) is 4.74 Å². The molecule has 0 saturated carbocycles. The molecule has 2 aromatic rings. The first kappa shape index (κ1) is 17.1. The minimum Gasteiger partial charge on any atom is -0.494 e. The van der Waals surface area contributed by atoms with Crippen molar-refractivity contribution in [3.05, 3.63) is 40.6 Å². The summed E-state index contributed by atoms with van der Waals surface area (Å²) in [6.45, 7) is 2.82. The predicted octanol–water partition coefficient (Wildman–Crippen LogP) is 3.22. The third-order valence-corrected chi connectivity index (χ3v) is 5.88. The smallest absolute Gasteiger partial charge is 0.225 e. The van der Waals surface area contributed by atoms with Gasteiger partial charge in [0, 0.05) is 30.1 Å². The largest absolute Gasteiger partial charge is 0.494 e. The molecule has 0 spiro atoms. The summed E-state index contributed by atoms with van der Waals surface area (Å²) in [5, 5.41) is 9.51. The number of halogens is 1. The highest BCUT2D eigenvalue weighted by atomic mass is 79.9. The number of nitrogens with zero attached hydrogens (tertiary/aromatic N) is 5. The topological polar surface area (TPSA) is 65.3 Å². The zero-order valence-corrected chi connectivity index (χ0v) is 16.2. The lowest BCUT2D eigenvalue weighted by Gasteiger charge is -2.39. The van der Waals surface area contributed by atoms with E-state index in [-0.39, 0.29) is 0 Å². The Labute approximate surface area is 161 Å². The van der Waals surface area contributed by atoms with Gasteiger partial charge < -0.3 is 14.5 Å². The van der Waals surface area contributed by atoms with E-state index in [1.165, 1.54) is 6.42 Å². The van der Waals surface area contributed by atoms with Gasteiger partial charge in [-0.15, -0.1) is 0 Å². The first-order valence-electron chi connectivity index (χ1n) is 8.77. The minimum atomic E-state index is 0.371. The summed E-state index contributed by atoms with van der Waals surface area (Å²) in [6, 6.07) is 8.58. The molecule has 0 radical (unpaired) electrons. The molecule has 2 fully saturated rings. The van der Waals surface area contributed by atoms with Crippen molar-refractivity contribution in [3.63, 3.8) is 0 Å². The number of benzene rings is 1. The average Bonchev–Trinajstić information content (AvgIpc) is 3.11. The van der Waals surface area contributed by atoms with Crippen LogP contribution in [0, 0.1) is 17.2 Å². The second-order valence-electron chi connectivity index (χ2n) is 6.74. The van der Waals surface area contributed by atoms with Crippen molar-refractivity contribution < 1.29 is 4.74 Å². The van der Waals surface area contributed by atoms with Crippen LogP contribution in [0.2, 0.25) is 0 Å². The zero-order valence-electron chi connectivity index (χ0n) is 14.6. The Bertz CT molecular complexity index is 835. The Morgan fingerprint density at radius 1 is 1.23 bits per heavy atom. The van der Waals surface area contributed by atoms with E-state index in [2.05, 4.69) is 47.8 Å². The van der Waals surface area contributed by atoms with E-state index in [0.29, 0.717) is 17.7 Å². The van der Waals surface area contributed by atoms with Gasteiger partial charge >= 0.3 is 0 Å². The summed E-state index contributed by atoms with van der Waals surface area (Å²) < 4.78 is 6.15. The van der Waals surface area contributed by atoms with Crippen molar-refractivity contribution in [1.29, 1.82) is 5.26 Å². The molecule has 2 aliphatic heterocycles. The van der Waals surface area contributed by atoms with Gasteiger partial charge in [-0.25, -0.2) is 9.97 Å². The standard InChI is InChI=1S/C19H20BrN5O/c1-26-16-10-22-19(23-11-16)24-6-4-13-5-7-25(18(13)12-24)17-8-15(20)3-2-14(17)9-21/h2-3,8,10-11,13,18H,4-7,12H2,1H3. The number of anilines is 2. The fourth-order valence-electron chi connectivity index (χ4n) is 4.04. The number of fused-ring (bicyclic) bond motifs is 1. The number of methoxy groups -OCH3 is 1. The van der Waals surface area contributed by atoms with Gasteiger partial charge in [-0.2, -0.15) is 5.26 Å². The van der Waals surface area contributed by atoms with Crippen LogP contribution in [0.15, 0.2) is 35.1 Å². The van der Waals surface area contributed by atoms with Gasteiger partial charge in [0.2, 0.25) is 5.95 Å². The normalized spacial score (nSPS) is 22.0. The maximum absolute atomic E-state index is 9.51. The maximum Gasteiger partial charge on any atom is 0.225 e. The quantitative estimate of drug-likeness (QED) is 0.769. The van der Waals surface area contributed by atoms with Crippen molar-refractivity contribution >= 4 is 27.6 Å². The van der Waals surface area contributed by atoms with Crippen LogP contribution in [0.4, 0.5) is 11.6 Å². The highest BCUT2D eigenvalue weighted by molar-refractivity contribution is 9.10. The lowest BCUT2D eigenvalue weighted by Crippen LogP contribution is -2.49. The Hall–Kier alpha value is -2.33. The molecular formula is C19H20BrN5O. The Morgan fingerprint density at radius 2 is 2.00 bits per heavy atom. The number of hydrogen-bond donors (Lipinski definition) is 0. The molecule has 0 bridgehead atoms. The molecule has 6 nitrogen and oxygen atoms in total. The van der Waals surface area contributed by atoms with Crippen molar-refractivity contribution in [2.24, 2.45) is 5.92 Å². The Morgan fingerprint density at radius 3 is 2.73 bits per heavy atom. The summed E-state index contributed by atoms with van der Waals surface area (Å²) in [4.78, 5) is 13.5. The fraction of sp³-hybridized carbons (Fsp3) is 0.421. The lowest BCUT2D eigenvalue weighted by molar-refractivity contribution is 0.385. The van der Waals surface area contributed by atoms with Crippen LogP contribution in [0.3, 0.4) is 0 Å². The van der Waals surface area contributed by atoms with Gasteiger partial charge in [0.25, 0.3) is 0 Å². The number of ether oxygens (including phenoxy) is 1. The summed E-state index contributed by atoms with van der Waals surface area (Å²) in [5.74, 6) is 2.06. The molecule has 134 valence electrons. The van der Waals surface area contributed by atoms with E-state index < -0.39 is 0 Å². The van der Waals surface area contributed by atoms with E-state index in [9.17, 15) is 5.26 Å². The molecule has 2 saturated heterocycles. The van der Waals surface area contributed by atoms with Crippen LogP contribution in [0.1, 0.15) is 18.4 Å². The van der Waals surface area contributed by atoms with Gasteiger partial charge in [0.15, 0.2) is 5.75 Å². The highest BCUT2D eigenvalue weighted by Crippen LogP contribution is 2.38. The molecule has 1 aromatic carbocycles. The van der Waals surface area contributed by atoms with E-state index in [1.807, 2.05) is 12.1 Å². The molecule has 2 unspecified atom stereocenters. The van der Waals surface area contributed by atoms with Gasteiger partial charge in [0.05, 0.1) is 30.8 Å². The molecule has 7 heteroatoms. The number of hydrogen-bond acceptors (Lipinski definition) is 6. The van der Waals surface area contributed by atoms with Crippen LogP contribution < -0.4 is 14.5 Å². The number of aromatic nitrogens is 2. The van der Waals surface area contributed by atoms with Gasteiger partial charge in [-0.05, 0) is 37.0 Å².